The number of amidine groups is 1. The van der Waals surface area contributed by atoms with Crippen LogP contribution in [0.25, 0.3) is 0 Å². The third-order valence-corrected chi connectivity index (χ3v) is 7.97. The van der Waals surface area contributed by atoms with Crippen molar-refractivity contribution in [3.8, 4) is 11.5 Å². The average Bonchev–Trinajstić information content (AvgIpc) is 3.31. The van der Waals surface area contributed by atoms with Crippen LogP contribution in [0.4, 0.5) is 5.69 Å². The summed E-state index contributed by atoms with van der Waals surface area (Å²) < 4.78 is 35.2. The fraction of sp³-hybridized carbons (Fsp3) is 0.316. The van der Waals surface area contributed by atoms with Gasteiger partial charge in [-0.1, -0.05) is 35.5 Å². The summed E-state index contributed by atoms with van der Waals surface area (Å²) in [6.45, 7) is 0.198. The topological polar surface area (TPSA) is 68.2 Å². The zero-order valence-electron chi connectivity index (χ0n) is 14.7. The summed E-state index contributed by atoms with van der Waals surface area (Å²) in [4.78, 5) is 6.79. The average molecular weight is 437 g/mol. The maximum atomic E-state index is 12.2. The second kappa shape index (κ2) is 6.86. The van der Waals surface area contributed by atoms with Crippen molar-refractivity contribution in [3.05, 3.63) is 53.1 Å². The van der Waals surface area contributed by atoms with Crippen molar-refractivity contribution < 1.29 is 17.9 Å². The quantitative estimate of drug-likeness (QED) is 0.735. The van der Waals surface area contributed by atoms with E-state index in [-0.39, 0.29) is 30.4 Å². The lowest BCUT2D eigenvalue weighted by Gasteiger charge is -2.26. The summed E-state index contributed by atoms with van der Waals surface area (Å²) in [6.07, 6.45) is 0. The molecule has 3 heterocycles. The highest BCUT2D eigenvalue weighted by Crippen LogP contribution is 2.41. The van der Waals surface area contributed by atoms with E-state index in [4.69, 9.17) is 26.1 Å². The van der Waals surface area contributed by atoms with E-state index in [9.17, 15) is 8.42 Å². The Morgan fingerprint density at radius 1 is 1.14 bits per heavy atom. The molecule has 0 spiro atoms. The van der Waals surface area contributed by atoms with Crippen LogP contribution < -0.4 is 14.4 Å². The number of benzene rings is 2. The van der Waals surface area contributed by atoms with E-state index < -0.39 is 9.84 Å². The van der Waals surface area contributed by atoms with Crippen molar-refractivity contribution in [2.75, 3.05) is 23.2 Å². The van der Waals surface area contributed by atoms with Gasteiger partial charge >= 0.3 is 0 Å². The van der Waals surface area contributed by atoms with E-state index in [1.807, 2.05) is 47.4 Å². The molecule has 0 N–H and O–H groups in total. The van der Waals surface area contributed by atoms with Crippen LogP contribution in [0.15, 0.2) is 47.5 Å². The van der Waals surface area contributed by atoms with Crippen LogP contribution in [0, 0.1) is 0 Å². The molecular weight excluding hydrogens is 420 g/mol. The van der Waals surface area contributed by atoms with Crippen molar-refractivity contribution >= 4 is 44.1 Å². The zero-order valence-corrected chi connectivity index (χ0v) is 17.1. The second-order valence-corrected chi connectivity index (χ2v) is 10.5. The van der Waals surface area contributed by atoms with Gasteiger partial charge in [0.2, 0.25) is 6.79 Å². The smallest absolute Gasteiger partial charge is 0.231 e. The molecule has 0 aliphatic carbocycles. The molecule has 2 unspecified atom stereocenters. The molecule has 2 aromatic rings. The van der Waals surface area contributed by atoms with Gasteiger partial charge in [0, 0.05) is 22.5 Å². The molecular formula is C19H17ClN2O4S2. The Kier molecular flexibility index (Phi) is 4.45. The molecule has 3 aliphatic heterocycles. The normalized spacial score (nSPS) is 24.3. The second-order valence-electron chi connectivity index (χ2n) is 6.95. The zero-order chi connectivity index (χ0) is 19.3. The van der Waals surface area contributed by atoms with E-state index in [0.717, 1.165) is 16.4 Å². The number of anilines is 1. The van der Waals surface area contributed by atoms with Crippen LogP contribution in [-0.2, 0) is 15.6 Å². The Balaban J connectivity index is 1.45. The lowest BCUT2D eigenvalue weighted by Crippen LogP contribution is -2.39. The van der Waals surface area contributed by atoms with Gasteiger partial charge in [0.25, 0.3) is 0 Å². The minimum absolute atomic E-state index is 0.0972. The Labute approximate surface area is 172 Å². The molecule has 1 fully saturated rings. The van der Waals surface area contributed by atoms with Gasteiger partial charge in [0.1, 0.15) is 0 Å². The maximum Gasteiger partial charge on any atom is 0.231 e. The fourth-order valence-corrected chi connectivity index (χ4v) is 6.87. The Morgan fingerprint density at radius 3 is 2.86 bits per heavy atom. The standard InChI is InChI=1S/C19H17ClN2O4S2/c20-13-3-1-2-12(6-13)8-27-19-21-15-9-28(23,24)10-16(15)22(19)14-4-5-17-18(7-14)26-11-25-17/h1-7,15-16H,8-11H2. The molecule has 0 aromatic heterocycles. The predicted molar refractivity (Wildman–Crippen MR) is 111 cm³/mol. The van der Waals surface area contributed by atoms with Gasteiger partial charge in [-0.2, -0.15) is 0 Å². The van der Waals surface area contributed by atoms with Gasteiger partial charge in [-0.05, 0) is 29.8 Å². The minimum atomic E-state index is -3.09. The summed E-state index contributed by atoms with van der Waals surface area (Å²) in [7, 11) is -3.09. The number of aliphatic imine (C=N–C) groups is 1. The van der Waals surface area contributed by atoms with Gasteiger partial charge in [0.15, 0.2) is 26.5 Å². The summed E-state index contributed by atoms with van der Waals surface area (Å²) in [5.41, 5.74) is 1.96. The summed E-state index contributed by atoms with van der Waals surface area (Å²) in [5.74, 6) is 2.27. The highest BCUT2D eigenvalue weighted by molar-refractivity contribution is 8.13. The highest BCUT2D eigenvalue weighted by atomic mass is 35.5. The molecule has 28 heavy (non-hydrogen) atoms. The first-order chi connectivity index (χ1) is 13.5. The number of halogens is 1. The van der Waals surface area contributed by atoms with Gasteiger partial charge in [-0.15, -0.1) is 0 Å². The van der Waals surface area contributed by atoms with E-state index in [1.54, 1.807) is 11.8 Å². The SMILES string of the molecule is O=S1(=O)CC2N=C(SCc3cccc(Cl)c3)N(c3ccc4c(c3)OCO4)C2C1. The third kappa shape index (κ3) is 3.33. The summed E-state index contributed by atoms with van der Waals surface area (Å²) >= 11 is 7.68. The van der Waals surface area contributed by atoms with Crippen molar-refractivity contribution in [2.24, 2.45) is 4.99 Å². The Morgan fingerprint density at radius 2 is 2.00 bits per heavy atom. The first-order valence-corrected chi connectivity index (χ1v) is 12.0. The summed E-state index contributed by atoms with van der Waals surface area (Å²) in [5, 5.41) is 1.52. The monoisotopic (exact) mass is 436 g/mol. The molecule has 0 radical (unpaired) electrons. The third-order valence-electron chi connectivity index (χ3n) is 5.00. The number of nitrogens with zero attached hydrogens (tertiary/aromatic N) is 2. The van der Waals surface area contributed by atoms with Crippen LogP contribution in [-0.4, -0.2) is 44.0 Å². The largest absolute Gasteiger partial charge is 0.454 e. The Bertz CT molecular complexity index is 1070. The molecule has 6 nitrogen and oxygen atoms in total. The van der Waals surface area contributed by atoms with Gasteiger partial charge < -0.3 is 14.4 Å². The highest BCUT2D eigenvalue weighted by Gasteiger charge is 2.47. The van der Waals surface area contributed by atoms with Crippen LogP contribution >= 0.6 is 23.4 Å². The Hall–Kier alpha value is -1.90. The fourth-order valence-electron chi connectivity index (χ4n) is 3.74. The van der Waals surface area contributed by atoms with Crippen molar-refractivity contribution in [2.45, 2.75) is 17.8 Å². The molecule has 0 saturated carbocycles. The molecule has 146 valence electrons. The molecule has 5 rings (SSSR count). The van der Waals surface area contributed by atoms with Crippen LogP contribution in [0.2, 0.25) is 5.02 Å². The van der Waals surface area contributed by atoms with Crippen LogP contribution in [0.1, 0.15) is 5.56 Å². The molecule has 2 aromatic carbocycles. The number of fused-ring (bicyclic) bond motifs is 2. The molecule has 2 atom stereocenters. The van der Waals surface area contributed by atoms with E-state index >= 15 is 0 Å². The van der Waals surface area contributed by atoms with Gasteiger partial charge in [-0.25, -0.2) is 8.42 Å². The number of thioether (sulfide) groups is 1. The van der Waals surface area contributed by atoms with Gasteiger partial charge in [0.05, 0.1) is 23.6 Å². The minimum Gasteiger partial charge on any atom is -0.454 e. The molecule has 3 aliphatic rings. The number of hydrogen-bond donors (Lipinski definition) is 0. The first-order valence-electron chi connectivity index (χ1n) is 8.83. The molecule has 9 heteroatoms. The van der Waals surface area contributed by atoms with E-state index in [0.29, 0.717) is 22.3 Å². The van der Waals surface area contributed by atoms with Crippen LogP contribution in [0.5, 0.6) is 11.5 Å². The van der Waals surface area contributed by atoms with Crippen molar-refractivity contribution in [1.29, 1.82) is 0 Å². The molecule has 0 bridgehead atoms. The van der Waals surface area contributed by atoms with Crippen LogP contribution in [0.3, 0.4) is 0 Å². The number of rotatable bonds is 3. The molecule has 1 saturated heterocycles. The number of sulfone groups is 1. The summed E-state index contributed by atoms with van der Waals surface area (Å²) in [6, 6.07) is 13.0. The predicted octanol–water partition coefficient (Wildman–Crippen LogP) is 3.34. The number of ether oxygens (including phenoxy) is 2. The molecule has 0 amide bonds. The van der Waals surface area contributed by atoms with E-state index in [2.05, 4.69) is 0 Å². The first kappa shape index (κ1) is 18.1. The maximum absolute atomic E-state index is 12.2. The van der Waals surface area contributed by atoms with Crippen molar-refractivity contribution in [1.82, 2.24) is 0 Å². The lowest BCUT2D eigenvalue weighted by molar-refractivity contribution is 0.174. The van der Waals surface area contributed by atoms with E-state index in [1.165, 1.54) is 0 Å². The number of hydrogen-bond acceptors (Lipinski definition) is 7. The lowest BCUT2D eigenvalue weighted by atomic mass is 10.1. The van der Waals surface area contributed by atoms with Crippen molar-refractivity contribution in [3.63, 3.8) is 0 Å². The van der Waals surface area contributed by atoms with Gasteiger partial charge in [-0.3, -0.25) is 4.99 Å².